The summed E-state index contributed by atoms with van der Waals surface area (Å²) < 4.78 is 20.2. The molecule has 5 rings (SSSR count). The van der Waals surface area contributed by atoms with E-state index in [1.54, 1.807) is 25.4 Å². The number of hydrogen-bond acceptors (Lipinski definition) is 6. The summed E-state index contributed by atoms with van der Waals surface area (Å²) in [6, 6.07) is 7.72. The number of aryl methyl sites for hydroxylation is 1. The Balaban J connectivity index is 1.88. The molecular formula is C25H24FN3O3. The van der Waals surface area contributed by atoms with Gasteiger partial charge < -0.3 is 14.4 Å². The maximum atomic E-state index is 14.2. The molecule has 1 unspecified atom stereocenters. The van der Waals surface area contributed by atoms with Crippen LogP contribution >= 0.6 is 0 Å². The number of benzene rings is 2. The molecule has 0 aliphatic carbocycles. The number of pyridine rings is 1. The van der Waals surface area contributed by atoms with Crippen LogP contribution in [-0.4, -0.2) is 59.4 Å². The van der Waals surface area contributed by atoms with Crippen molar-refractivity contribution in [3.8, 4) is 5.75 Å². The SMILES string of the molecule is Cc1oc2c(c1C=O)c(C(c1ccncc1)N1CCN(C)CC1)c(O)c1cc(F)ccc12. The smallest absolute Gasteiger partial charge is 0.154 e. The summed E-state index contributed by atoms with van der Waals surface area (Å²) in [6.07, 6.45) is 4.20. The molecule has 0 radical (unpaired) electrons. The van der Waals surface area contributed by atoms with Gasteiger partial charge in [0.15, 0.2) is 6.29 Å². The van der Waals surface area contributed by atoms with Crippen LogP contribution in [0.15, 0.2) is 47.1 Å². The molecule has 1 N–H and O–H groups in total. The summed E-state index contributed by atoms with van der Waals surface area (Å²) >= 11 is 0. The molecule has 1 aliphatic heterocycles. The highest BCUT2D eigenvalue weighted by Gasteiger charge is 2.33. The van der Waals surface area contributed by atoms with Crippen molar-refractivity contribution >= 4 is 28.0 Å². The van der Waals surface area contributed by atoms with Crippen LogP contribution in [0.2, 0.25) is 0 Å². The number of hydrogen-bond donors (Lipinski definition) is 1. The molecule has 2 aromatic heterocycles. The van der Waals surface area contributed by atoms with Gasteiger partial charge in [-0.1, -0.05) is 0 Å². The van der Waals surface area contributed by atoms with E-state index >= 15 is 0 Å². The predicted molar refractivity (Wildman–Crippen MR) is 121 cm³/mol. The maximum Gasteiger partial charge on any atom is 0.154 e. The van der Waals surface area contributed by atoms with Crippen molar-refractivity contribution in [3.63, 3.8) is 0 Å². The molecule has 3 heterocycles. The number of carbonyl (C=O) groups is 1. The molecule has 1 atom stereocenters. The third-order valence-corrected chi connectivity index (χ3v) is 6.45. The zero-order valence-electron chi connectivity index (χ0n) is 18.0. The lowest BCUT2D eigenvalue weighted by atomic mass is 9.89. The zero-order chi connectivity index (χ0) is 22.4. The van der Waals surface area contributed by atoms with Crippen molar-refractivity contribution in [1.29, 1.82) is 0 Å². The Morgan fingerprint density at radius 2 is 1.84 bits per heavy atom. The molecule has 0 bridgehead atoms. The number of halogens is 1. The highest BCUT2D eigenvalue weighted by Crippen LogP contribution is 2.47. The van der Waals surface area contributed by atoms with Gasteiger partial charge in [-0.05, 0) is 49.9 Å². The Bertz CT molecular complexity index is 1310. The van der Waals surface area contributed by atoms with Crippen molar-refractivity contribution in [2.45, 2.75) is 13.0 Å². The molecule has 6 nitrogen and oxygen atoms in total. The molecule has 0 amide bonds. The van der Waals surface area contributed by atoms with E-state index in [0.29, 0.717) is 38.6 Å². The second-order valence-electron chi connectivity index (χ2n) is 8.37. The standard InChI is InChI=1S/C25H24FN3O3/c1-15-20(14-30)21-22(24(31)19-13-17(26)3-4-18(19)25(21)32-15)23(16-5-7-27-8-6-16)29-11-9-28(2)10-12-29/h3-8,13-14,23,31H,9-12H2,1-2H3. The van der Waals surface area contributed by atoms with Gasteiger partial charge in [0, 0.05) is 60.3 Å². The number of aromatic hydroxyl groups is 1. The van der Waals surface area contributed by atoms with Crippen LogP contribution in [0.5, 0.6) is 5.75 Å². The quantitative estimate of drug-likeness (QED) is 0.485. The Morgan fingerprint density at radius 3 is 2.53 bits per heavy atom. The first kappa shape index (κ1) is 20.6. The van der Waals surface area contributed by atoms with Gasteiger partial charge >= 0.3 is 0 Å². The van der Waals surface area contributed by atoms with Crippen molar-refractivity contribution in [3.05, 3.63) is 71.0 Å². The van der Waals surface area contributed by atoms with E-state index in [-0.39, 0.29) is 11.8 Å². The first-order chi connectivity index (χ1) is 15.5. The number of phenols is 1. The molecule has 1 aliphatic rings. The van der Waals surface area contributed by atoms with Crippen LogP contribution in [0.25, 0.3) is 21.7 Å². The van der Waals surface area contributed by atoms with Gasteiger partial charge in [0.1, 0.15) is 22.9 Å². The summed E-state index contributed by atoms with van der Waals surface area (Å²) in [5, 5.41) is 13.1. The largest absolute Gasteiger partial charge is 0.507 e. The van der Waals surface area contributed by atoms with Crippen molar-refractivity contribution in [1.82, 2.24) is 14.8 Å². The average molecular weight is 433 g/mol. The van der Waals surface area contributed by atoms with Crippen LogP contribution in [0.1, 0.15) is 33.3 Å². The summed E-state index contributed by atoms with van der Waals surface area (Å²) in [4.78, 5) is 20.8. The van der Waals surface area contributed by atoms with E-state index in [1.165, 1.54) is 12.1 Å². The van der Waals surface area contributed by atoms with E-state index < -0.39 is 5.82 Å². The van der Waals surface area contributed by atoms with E-state index in [4.69, 9.17) is 4.42 Å². The fourth-order valence-corrected chi connectivity index (χ4v) is 4.78. The van der Waals surface area contributed by atoms with Gasteiger partial charge in [0.25, 0.3) is 0 Å². The Hall–Kier alpha value is -3.29. The molecule has 1 fully saturated rings. The number of furan rings is 1. The minimum Gasteiger partial charge on any atom is -0.507 e. The van der Waals surface area contributed by atoms with Gasteiger partial charge in [-0.2, -0.15) is 0 Å². The van der Waals surface area contributed by atoms with Crippen LogP contribution in [0.4, 0.5) is 4.39 Å². The minimum atomic E-state index is -0.447. The number of fused-ring (bicyclic) bond motifs is 3. The highest BCUT2D eigenvalue weighted by molar-refractivity contribution is 6.14. The summed E-state index contributed by atoms with van der Waals surface area (Å²) in [5.41, 5.74) is 2.39. The van der Waals surface area contributed by atoms with E-state index in [0.717, 1.165) is 38.0 Å². The average Bonchev–Trinajstić information content (AvgIpc) is 3.14. The van der Waals surface area contributed by atoms with Crippen LogP contribution < -0.4 is 0 Å². The van der Waals surface area contributed by atoms with Crippen molar-refractivity contribution < 1.29 is 18.7 Å². The minimum absolute atomic E-state index is 0.0309. The maximum absolute atomic E-state index is 14.2. The Kier molecular flexibility index (Phi) is 5.15. The normalized spacial score (nSPS) is 16.6. The molecule has 1 saturated heterocycles. The second kappa shape index (κ2) is 8.00. The fourth-order valence-electron chi connectivity index (χ4n) is 4.78. The Labute approximate surface area is 184 Å². The lowest BCUT2D eigenvalue weighted by molar-refractivity contribution is 0.112. The summed E-state index contributed by atoms with van der Waals surface area (Å²) in [5.74, 6) is -0.00646. The molecule has 0 spiro atoms. The molecular weight excluding hydrogens is 409 g/mol. The number of rotatable bonds is 4. The van der Waals surface area contributed by atoms with Gasteiger partial charge in [0.05, 0.1) is 11.6 Å². The molecule has 32 heavy (non-hydrogen) atoms. The monoisotopic (exact) mass is 433 g/mol. The van der Waals surface area contributed by atoms with E-state index in [2.05, 4.69) is 21.8 Å². The third kappa shape index (κ3) is 3.25. The molecule has 2 aromatic carbocycles. The van der Waals surface area contributed by atoms with Crippen molar-refractivity contribution in [2.24, 2.45) is 0 Å². The summed E-state index contributed by atoms with van der Waals surface area (Å²) in [7, 11) is 2.08. The molecule has 7 heteroatoms. The molecule has 4 aromatic rings. The molecule has 164 valence electrons. The number of piperazine rings is 1. The Morgan fingerprint density at radius 1 is 1.12 bits per heavy atom. The van der Waals surface area contributed by atoms with Crippen LogP contribution in [0, 0.1) is 12.7 Å². The number of aromatic nitrogens is 1. The predicted octanol–water partition coefficient (Wildman–Crippen LogP) is 4.28. The van der Waals surface area contributed by atoms with Crippen LogP contribution in [-0.2, 0) is 0 Å². The summed E-state index contributed by atoms with van der Waals surface area (Å²) in [6.45, 7) is 5.03. The van der Waals surface area contributed by atoms with E-state index in [1.807, 2.05) is 12.1 Å². The van der Waals surface area contributed by atoms with Gasteiger partial charge in [0.2, 0.25) is 0 Å². The topological polar surface area (TPSA) is 69.8 Å². The zero-order valence-corrected chi connectivity index (χ0v) is 18.0. The lowest BCUT2D eigenvalue weighted by Crippen LogP contribution is -2.46. The van der Waals surface area contributed by atoms with Crippen LogP contribution in [0.3, 0.4) is 0 Å². The number of likely N-dealkylation sites (N-methyl/N-ethyl adjacent to an activating group) is 1. The molecule has 0 saturated carbocycles. The first-order valence-electron chi connectivity index (χ1n) is 10.6. The highest BCUT2D eigenvalue weighted by atomic mass is 19.1. The van der Waals surface area contributed by atoms with Crippen molar-refractivity contribution in [2.75, 3.05) is 33.2 Å². The first-order valence-corrected chi connectivity index (χ1v) is 10.6. The number of aldehydes is 1. The number of nitrogens with zero attached hydrogens (tertiary/aromatic N) is 3. The van der Waals surface area contributed by atoms with Gasteiger partial charge in [-0.25, -0.2) is 4.39 Å². The van der Waals surface area contributed by atoms with Gasteiger partial charge in [-0.3, -0.25) is 14.7 Å². The number of phenolic OH excluding ortho intramolecular Hbond substituents is 1. The lowest BCUT2D eigenvalue weighted by Gasteiger charge is -2.39. The number of carbonyl (C=O) groups excluding carboxylic acids is 1. The second-order valence-corrected chi connectivity index (χ2v) is 8.37. The third-order valence-electron chi connectivity index (χ3n) is 6.45. The fraction of sp³-hybridized carbons (Fsp3) is 0.280. The van der Waals surface area contributed by atoms with Gasteiger partial charge in [-0.15, -0.1) is 0 Å². The van der Waals surface area contributed by atoms with E-state index in [9.17, 15) is 14.3 Å².